The van der Waals surface area contributed by atoms with E-state index in [-0.39, 0.29) is 6.10 Å². The van der Waals surface area contributed by atoms with Crippen LogP contribution in [0.25, 0.3) is 0 Å². The molecular weight excluding hydrogens is 524 g/mol. The van der Waals surface area contributed by atoms with Crippen molar-refractivity contribution in [3.63, 3.8) is 0 Å². The van der Waals surface area contributed by atoms with Crippen molar-refractivity contribution in [3.05, 3.63) is 0 Å². The Labute approximate surface area is 260 Å². The maximum absolute atomic E-state index is 11.9. The van der Waals surface area contributed by atoms with Crippen LogP contribution in [-0.2, 0) is 14.3 Å². The summed E-state index contributed by atoms with van der Waals surface area (Å²) >= 11 is 0. The van der Waals surface area contributed by atoms with Crippen LogP contribution in [0.1, 0.15) is 220 Å². The molecule has 0 spiro atoms. The lowest BCUT2D eigenvalue weighted by Crippen LogP contribution is -2.18. The van der Waals surface area contributed by atoms with Gasteiger partial charge in [-0.05, 0) is 18.8 Å². The molecule has 1 unspecified atom stereocenters. The molecule has 0 aliphatic carbocycles. The number of unbranched alkanes of at least 4 members (excludes halogenated alkanes) is 22. The van der Waals surface area contributed by atoms with E-state index in [0.29, 0.717) is 0 Å². The summed E-state index contributed by atoms with van der Waals surface area (Å²) < 4.78 is 29.3. The highest BCUT2D eigenvalue weighted by molar-refractivity contribution is 7.86. The van der Waals surface area contributed by atoms with E-state index in [1.807, 2.05) is 0 Å². The Morgan fingerprint density at radius 2 is 0.634 bits per heavy atom. The third-order valence-electron chi connectivity index (χ3n) is 9.01. The zero-order valence-corrected chi connectivity index (χ0v) is 29.5. The summed E-state index contributed by atoms with van der Waals surface area (Å²) in [6.07, 6.45) is 42.0. The SMILES string of the molecule is CCCCCCCCCCC(CCCCCCCCCC)CCCCC(CCCCCCCCCC)OS(C)(=O)=O. The number of hydrogen-bond acceptors (Lipinski definition) is 3. The molecule has 0 radical (unpaired) electrons. The molecule has 4 heteroatoms. The lowest BCUT2D eigenvalue weighted by Gasteiger charge is -2.19. The quantitative estimate of drug-likeness (QED) is 0.0545. The Kier molecular flexibility index (Phi) is 31.3. The van der Waals surface area contributed by atoms with E-state index >= 15 is 0 Å². The van der Waals surface area contributed by atoms with Crippen LogP contribution in [0.5, 0.6) is 0 Å². The molecule has 0 heterocycles. The fourth-order valence-electron chi connectivity index (χ4n) is 6.37. The van der Waals surface area contributed by atoms with Gasteiger partial charge in [0.1, 0.15) is 0 Å². The van der Waals surface area contributed by atoms with Gasteiger partial charge in [0.2, 0.25) is 0 Å². The molecule has 0 saturated heterocycles. The van der Waals surface area contributed by atoms with E-state index in [4.69, 9.17) is 4.18 Å². The van der Waals surface area contributed by atoms with E-state index < -0.39 is 10.1 Å². The predicted octanol–water partition coefficient (Wildman–Crippen LogP) is 13.1. The van der Waals surface area contributed by atoms with Crippen molar-refractivity contribution in [1.82, 2.24) is 0 Å². The molecule has 0 aliphatic heterocycles. The molecule has 41 heavy (non-hydrogen) atoms. The van der Waals surface area contributed by atoms with Gasteiger partial charge in [-0.1, -0.05) is 207 Å². The van der Waals surface area contributed by atoms with E-state index in [1.54, 1.807) is 0 Å². The minimum atomic E-state index is -3.38. The average Bonchev–Trinajstić information content (AvgIpc) is 2.93. The van der Waals surface area contributed by atoms with Crippen molar-refractivity contribution in [1.29, 1.82) is 0 Å². The van der Waals surface area contributed by atoms with E-state index in [0.717, 1.165) is 31.6 Å². The van der Waals surface area contributed by atoms with E-state index in [1.165, 1.54) is 180 Å². The van der Waals surface area contributed by atoms with Crippen molar-refractivity contribution < 1.29 is 12.6 Å². The molecule has 0 aliphatic rings. The summed E-state index contributed by atoms with van der Waals surface area (Å²) in [5, 5.41) is 0. The number of hydrogen-bond donors (Lipinski definition) is 0. The molecular formula is C37H76O3S. The Bertz CT molecular complexity index is 583. The van der Waals surface area contributed by atoms with Crippen LogP contribution in [0, 0.1) is 5.92 Å². The fraction of sp³-hybridized carbons (Fsp3) is 1.00. The van der Waals surface area contributed by atoms with Gasteiger partial charge in [-0.25, -0.2) is 0 Å². The maximum atomic E-state index is 11.9. The summed E-state index contributed by atoms with van der Waals surface area (Å²) in [4.78, 5) is 0. The molecule has 0 N–H and O–H groups in total. The first-order chi connectivity index (χ1) is 19.9. The van der Waals surface area contributed by atoms with Gasteiger partial charge < -0.3 is 0 Å². The third kappa shape index (κ3) is 32.7. The Balaban J connectivity index is 4.39. The van der Waals surface area contributed by atoms with Gasteiger partial charge in [-0.3, -0.25) is 4.18 Å². The van der Waals surface area contributed by atoms with Gasteiger partial charge in [0.05, 0.1) is 12.4 Å². The molecule has 0 bridgehead atoms. The topological polar surface area (TPSA) is 43.4 Å². The lowest BCUT2D eigenvalue weighted by atomic mass is 9.89. The van der Waals surface area contributed by atoms with Gasteiger partial charge in [-0.15, -0.1) is 0 Å². The number of rotatable bonds is 34. The van der Waals surface area contributed by atoms with Crippen LogP contribution in [0.15, 0.2) is 0 Å². The molecule has 0 fully saturated rings. The summed E-state index contributed by atoms with van der Waals surface area (Å²) in [6.45, 7) is 6.85. The van der Waals surface area contributed by atoms with Crippen molar-refractivity contribution in [3.8, 4) is 0 Å². The first-order valence-electron chi connectivity index (χ1n) is 18.8. The smallest absolute Gasteiger partial charge is 0.264 e. The van der Waals surface area contributed by atoms with Crippen LogP contribution in [0.3, 0.4) is 0 Å². The molecule has 0 aromatic heterocycles. The Hall–Kier alpha value is -0.0900. The summed E-state index contributed by atoms with van der Waals surface area (Å²) in [5.74, 6) is 0.858. The van der Waals surface area contributed by atoms with Crippen LogP contribution >= 0.6 is 0 Å². The monoisotopic (exact) mass is 601 g/mol. The van der Waals surface area contributed by atoms with Gasteiger partial charge in [-0.2, -0.15) is 8.42 Å². The van der Waals surface area contributed by atoms with E-state index in [2.05, 4.69) is 20.8 Å². The maximum Gasteiger partial charge on any atom is 0.264 e. The van der Waals surface area contributed by atoms with Crippen molar-refractivity contribution in [2.75, 3.05) is 6.26 Å². The van der Waals surface area contributed by atoms with Crippen LogP contribution in [-0.4, -0.2) is 20.8 Å². The first-order valence-corrected chi connectivity index (χ1v) is 20.6. The van der Waals surface area contributed by atoms with Crippen molar-refractivity contribution in [2.45, 2.75) is 226 Å². The highest BCUT2D eigenvalue weighted by Crippen LogP contribution is 2.26. The second-order valence-electron chi connectivity index (χ2n) is 13.4. The highest BCUT2D eigenvalue weighted by Gasteiger charge is 2.16. The van der Waals surface area contributed by atoms with Gasteiger partial charge in [0.25, 0.3) is 10.1 Å². The molecule has 248 valence electrons. The third-order valence-corrected chi connectivity index (χ3v) is 9.63. The van der Waals surface area contributed by atoms with Gasteiger partial charge >= 0.3 is 0 Å². The van der Waals surface area contributed by atoms with E-state index in [9.17, 15) is 8.42 Å². The molecule has 0 amide bonds. The fourth-order valence-corrected chi connectivity index (χ4v) is 7.05. The summed E-state index contributed by atoms with van der Waals surface area (Å²) in [6, 6.07) is 0. The zero-order valence-electron chi connectivity index (χ0n) is 28.7. The lowest BCUT2D eigenvalue weighted by molar-refractivity contribution is 0.180. The zero-order chi connectivity index (χ0) is 30.3. The summed E-state index contributed by atoms with van der Waals surface area (Å²) in [7, 11) is -3.38. The average molecular weight is 601 g/mol. The molecule has 0 aromatic carbocycles. The van der Waals surface area contributed by atoms with Gasteiger partial charge in [0.15, 0.2) is 0 Å². The Morgan fingerprint density at radius 1 is 0.390 bits per heavy atom. The first kappa shape index (κ1) is 40.9. The molecule has 0 aromatic rings. The van der Waals surface area contributed by atoms with Crippen LogP contribution < -0.4 is 0 Å². The highest BCUT2D eigenvalue weighted by atomic mass is 32.2. The normalized spacial score (nSPS) is 12.9. The van der Waals surface area contributed by atoms with Crippen molar-refractivity contribution in [2.24, 2.45) is 5.92 Å². The van der Waals surface area contributed by atoms with Gasteiger partial charge in [0, 0.05) is 0 Å². The predicted molar refractivity (Wildman–Crippen MR) is 183 cm³/mol. The van der Waals surface area contributed by atoms with Crippen molar-refractivity contribution >= 4 is 10.1 Å². The molecule has 3 nitrogen and oxygen atoms in total. The molecule has 1 atom stereocenters. The second-order valence-corrected chi connectivity index (χ2v) is 15.0. The molecule has 0 saturated carbocycles. The second kappa shape index (κ2) is 31.3. The van der Waals surface area contributed by atoms with Crippen LogP contribution in [0.2, 0.25) is 0 Å². The largest absolute Gasteiger partial charge is 0.267 e. The Morgan fingerprint density at radius 3 is 0.951 bits per heavy atom. The standard InChI is InChI=1S/C37H76O3S/c1-5-8-11-14-17-20-23-26-31-36(32-27-24-21-18-15-12-9-6-2)33-29-30-35-37(40-41(4,38)39)34-28-25-22-19-16-13-10-7-3/h36-37H,5-35H2,1-4H3. The van der Waals surface area contributed by atoms with Crippen LogP contribution in [0.4, 0.5) is 0 Å². The minimum absolute atomic E-state index is 0.121. The minimum Gasteiger partial charge on any atom is -0.267 e. The summed E-state index contributed by atoms with van der Waals surface area (Å²) in [5.41, 5.74) is 0. The molecule has 0 rings (SSSR count).